The lowest BCUT2D eigenvalue weighted by molar-refractivity contribution is -0.119. The van der Waals surface area contributed by atoms with Crippen LogP contribution in [0.2, 0.25) is 0 Å². The highest BCUT2D eigenvalue weighted by Crippen LogP contribution is 2.32. The molecule has 0 aliphatic heterocycles. The van der Waals surface area contributed by atoms with Crippen LogP contribution in [0.25, 0.3) is 22.2 Å². The van der Waals surface area contributed by atoms with Crippen molar-refractivity contribution in [1.29, 1.82) is 0 Å². The highest BCUT2D eigenvalue weighted by atomic mass is 16.4. The van der Waals surface area contributed by atoms with Gasteiger partial charge in [0.25, 0.3) is 0 Å². The molecule has 1 aliphatic rings. The van der Waals surface area contributed by atoms with Crippen LogP contribution < -0.4 is 5.32 Å². The summed E-state index contributed by atoms with van der Waals surface area (Å²) < 4.78 is 0. The Balaban J connectivity index is 1.77. The number of hydrogen-bond acceptors (Lipinski definition) is 4. The van der Waals surface area contributed by atoms with Crippen molar-refractivity contribution in [1.82, 2.24) is 15.2 Å². The zero-order valence-electron chi connectivity index (χ0n) is 15.9. The predicted octanol–water partition coefficient (Wildman–Crippen LogP) is 4.07. The van der Waals surface area contributed by atoms with Crippen molar-refractivity contribution in [3.8, 4) is 11.3 Å². The molecule has 0 atom stereocenters. The quantitative estimate of drug-likeness (QED) is 0.634. The molecule has 1 saturated carbocycles. The number of rotatable bonds is 4. The average Bonchev–Trinajstić information content (AvgIpc) is 3.36. The summed E-state index contributed by atoms with van der Waals surface area (Å²) >= 11 is 0. The van der Waals surface area contributed by atoms with E-state index in [0.29, 0.717) is 11.3 Å². The second-order valence-electron chi connectivity index (χ2n) is 7.39. The maximum atomic E-state index is 12.5. The Morgan fingerprint density at radius 1 is 1.21 bits per heavy atom. The number of amides is 1. The number of carboxylic acids is 1. The van der Waals surface area contributed by atoms with Crippen LogP contribution in [-0.2, 0) is 4.79 Å². The third-order valence-corrected chi connectivity index (χ3v) is 5.55. The number of nitrogens with zero attached hydrogens (tertiary/aromatic N) is 2. The topological polar surface area (TPSA) is 108 Å². The van der Waals surface area contributed by atoms with Crippen LogP contribution in [0.15, 0.2) is 24.4 Å². The smallest absolute Gasteiger partial charge is 0.354 e. The summed E-state index contributed by atoms with van der Waals surface area (Å²) in [5.74, 6) is -0.933. The first-order chi connectivity index (χ1) is 13.5. The van der Waals surface area contributed by atoms with Gasteiger partial charge in [0.1, 0.15) is 0 Å². The van der Waals surface area contributed by atoms with Gasteiger partial charge in [0, 0.05) is 17.0 Å². The molecule has 28 heavy (non-hydrogen) atoms. The molecular weight excluding hydrogens is 356 g/mol. The first-order valence-corrected chi connectivity index (χ1v) is 9.44. The monoisotopic (exact) mass is 378 g/mol. The van der Waals surface area contributed by atoms with Gasteiger partial charge in [-0.1, -0.05) is 18.9 Å². The summed E-state index contributed by atoms with van der Waals surface area (Å²) in [7, 11) is 0. The Bertz CT molecular complexity index is 1080. The lowest BCUT2D eigenvalue weighted by Crippen LogP contribution is -2.20. The van der Waals surface area contributed by atoms with Gasteiger partial charge < -0.3 is 10.4 Å². The summed E-state index contributed by atoms with van der Waals surface area (Å²) in [6.07, 6.45) is 5.57. The largest absolute Gasteiger partial charge is 0.477 e. The van der Waals surface area contributed by atoms with Crippen molar-refractivity contribution in [3.05, 3.63) is 41.2 Å². The van der Waals surface area contributed by atoms with E-state index in [0.717, 1.165) is 53.4 Å². The normalized spacial score (nSPS) is 14.5. The second-order valence-corrected chi connectivity index (χ2v) is 7.39. The van der Waals surface area contributed by atoms with Gasteiger partial charge in [-0.2, -0.15) is 5.10 Å². The third-order valence-electron chi connectivity index (χ3n) is 5.55. The number of carboxylic acid groups (broad SMARTS) is 1. The Labute approximate surface area is 162 Å². The van der Waals surface area contributed by atoms with Gasteiger partial charge in [0.2, 0.25) is 5.91 Å². The molecule has 7 nitrogen and oxygen atoms in total. The maximum absolute atomic E-state index is 12.5. The zero-order valence-corrected chi connectivity index (χ0v) is 15.9. The van der Waals surface area contributed by atoms with E-state index in [2.05, 4.69) is 15.5 Å². The van der Waals surface area contributed by atoms with Crippen LogP contribution in [0.3, 0.4) is 0 Å². The van der Waals surface area contributed by atoms with Gasteiger partial charge in [-0.05, 0) is 49.9 Å². The second kappa shape index (κ2) is 7.07. The fraction of sp³-hybridized carbons (Fsp3) is 0.333. The van der Waals surface area contributed by atoms with Crippen LogP contribution in [0.4, 0.5) is 5.69 Å². The fourth-order valence-electron chi connectivity index (χ4n) is 3.94. The third kappa shape index (κ3) is 3.13. The Hall–Kier alpha value is -3.22. The number of carbonyl (C=O) groups is 2. The summed E-state index contributed by atoms with van der Waals surface area (Å²) in [6, 6.07) is 5.72. The van der Waals surface area contributed by atoms with E-state index in [1.807, 2.05) is 32.0 Å². The van der Waals surface area contributed by atoms with Crippen molar-refractivity contribution in [2.75, 3.05) is 5.32 Å². The number of aromatic carboxylic acids is 1. The molecule has 0 unspecified atom stereocenters. The molecule has 144 valence electrons. The van der Waals surface area contributed by atoms with Gasteiger partial charge in [-0.15, -0.1) is 0 Å². The molecule has 3 aromatic rings. The van der Waals surface area contributed by atoms with E-state index >= 15 is 0 Å². The molecular formula is C21H22N4O3. The lowest BCUT2D eigenvalue weighted by atomic mass is 10.0. The molecule has 7 heteroatoms. The molecule has 0 radical (unpaired) electrons. The van der Waals surface area contributed by atoms with E-state index in [9.17, 15) is 14.7 Å². The zero-order chi connectivity index (χ0) is 19.8. The van der Waals surface area contributed by atoms with Crippen molar-refractivity contribution in [2.45, 2.75) is 39.5 Å². The summed E-state index contributed by atoms with van der Waals surface area (Å²) in [6.45, 7) is 3.89. The summed E-state index contributed by atoms with van der Waals surface area (Å²) in [5.41, 5.74) is 4.34. The first kappa shape index (κ1) is 18.2. The number of fused-ring (bicyclic) bond motifs is 1. The summed E-state index contributed by atoms with van der Waals surface area (Å²) in [5, 5.41) is 19.7. The molecule has 1 amide bonds. The van der Waals surface area contributed by atoms with Gasteiger partial charge >= 0.3 is 5.97 Å². The number of benzene rings is 1. The molecule has 3 N–H and O–H groups in total. The minimum atomic E-state index is -1.08. The van der Waals surface area contributed by atoms with Crippen molar-refractivity contribution in [3.63, 3.8) is 0 Å². The van der Waals surface area contributed by atoms with Gasteiger partial charge in [0.05, 0.1) is 23.0 Å². The summed E-state index contributed by atoms with van der Waals surface area (Å²) in [4.78, 5) is 28.7. The molecule has 0 bridgehead atoms. The highest BCUT2D eigenvalue weighted by Gasteiger charge is 2.23. The van der Waals surface area contributed by atoms with Crippen molar-refractivity contribution in [2.24, 2.45) is 5.92 Å². The van der Waals surface area contributed by atoms with E-state index in [-0.39, 0.29) is 17.5 Å². The highest BCUT2D eigenvalue weighted by molar-refractivity contribution is 5.99. The maximum Gasteiger partial charge on any atom is 0.354 e. The molecule has 1 aromatic carbocycles. The van der Waals surface area contributed by atoms with Gasteiger partial charge in [-0.25, -0.2) is 9.78 Å². The Morgan fingerprint density at radius 3 is 2.68 bits per heavy atom. The number of anilines is 1. The molecule has 0 spiro atoms. The van der Waals surface area contributed by atoms with Crippen LogP contribution in [0, 0.1) is 19.8 Å². The molecule has 1 aliphatic carbocycles. The van der Waals surface area contributed by atoms with Crippen LogP contribution >= 0.6 is 0 Å². The fourth-order valence-corrected chi connectivity index (χ4v) is 3.94. The lowest BCUT2D eigenvalue weighted by Gasteiger charge is -2.15. The Morgan fingerprint density at radius 2 is 1.96 bits per heavy atom. The van der Waals surface area contributed by atoms with Gasteiger partial charge in [0.15, 0.2) is 5.69 Å². The SMILES string of the molecule is Cc1cc(-c2cn[nH]c2C(=O)O)nc2c(C)c(NC(=O)C3CCCC3)ccc12. The molecule has 4 rings (SSSR count). The van der Waals surface area contributed by atoms with E-state index in [4.69, 9.17) is 4.98 Å². The van der Waals surface area contributed by atoms with E-state index in [1.54, 1.807) is 0 Å². The molecule has 1 fully saturated rings. The minimum absolute atomic E-state index is 0.00888. The number of H-pyrrole nitrogens is 1. The standard InChI is InChI=1S/C21H22N4O3/c1-11-9-17(15-10-22-25-19(15)21(27)28)23-18-12(2)16(8-7-14(11)18)24-20(26)13-5-3-4-6-13/h7-10,13H,3-6H2,1-2H3,(H,22,25)(H,24,26)(H,27,28). The van der Waals surface area contributed by atoms with E-state index in [1.165, 1.54) is 6.20 Å². The molecule has 2 aromatic heterocycles. The van der Waals surface area contributed by atoms with Crippen LogP contribution in [-0.4, -0.2) is 32.2 Å². The number of nitrogens with one attached hydrogen (secondary N) is 2. The minimum Gasteiger partial charge on any atom is -0.477 e. The number of aromatic nitrogens is 3. The first-order valence-electron chi connectivity index (χ1n) is 9.44. The van der Waals surface area contributed by atoms with E-state index < -0.39 is 5.97 Å². The van der Waals surface area contributed by atoms with Crippen molar-refractivity contribution >= 4 is 28.5 Å². The number of aryl methyl sites for hydroxylation is 2. The Kier molecular flexibility index (Phi) is 4.58. The number of carbonyl (C=O) groups excluding carboxylic acids is 1. The molecule has 2 heterocycles. The van der Waals surface area contributed by atoms with Crippen molar-refractivity contribution < 1.29 is 14.7 Å². The predicted molar refractivity (Wildman–Crippen MR) is 106 cm³/mol. The van der Waals surface area contributed by atoms with Crippen LogP contribution in [0.1, 0.15) is 47.3 Å². The van der Waals surface area contributed by atoms with Crippen LogP contribution in [0.5, 0.6) is 0 Å². The average molecular weight is 378 g/mol. The van der Waals surface area contributed by atoms with Gasteiger partial charge in [-0.3, -0.25) is 9.89 Å². The molecule has 0 saturated heterocycles. The number of pyridine rings is 1. The number of aromatic amines is 1. The number of hydrogen-bond donors (Lipinski definition) is 3.